The lowest BCUT2D eigenvalue weighted by Crippen LogP contribution is -2.37. The number of ether oxygens (including phenoxy) is 1. The van der Waals surface area contributed by atoms with Gasteiger partial charge in [0.05, 0.1) is 6.61 Å². The molecule has 1 heterocycles. The van der Waals surface area contributed by atoms with Gasteiger partial charge in [-0.15, -0.1) is 0 Å². The van der Waals surface area contributed by atoms with Gasteiger partial charge in [-0.1, -0.05) is 12.1 Å². The quantitative estimate of drug-likeness (QED) is 0.277. The molecule has 0 saturated carbocycles. The van der Waals surface area contributed by atoms with Crippen molar-refractivity contribution in [2.75, 3.05) is 26.8 Å². The smallest absolute Gasteiger partial charge is 0.233 e. The minimum absolute atomic E-state index is 0.129. The van der Waals surface area contributed by atoms with Gasteiger partial charge >= 0.3 is 0 Å². The van der Waals surface area contributed by atoms with Crippen LogP contribution in [0.1, 0.15) is 13.3 Å². The summed E-state index contributed by atoms with van der Waals surface area (Å²) in [5.41, 5.74) is 5.61. The van der Waals surface area contributed by atoms with E-state index in [1.54, 1.807) is 7.11 Å². The first kappa shape index (κ1) is 10.1. The predicted octanol–water partition coefficient (Wildman–Crippen LogP) is 0.0487. The van der Waals surface area contributed by atoms with E-state index >= 15 is 0 Å². The fourth-order valence-electron chi connectivity index (χ4n) is 1.75. The molecule has 5 nitrogen and oxygen atoms in total. The van der Waals surface area contributed by atoms with Gasteiger partial charge in [-0.3, -0.25) is 0 Å². The van der Waals surface area contributed by atoms with E-state index in [1.807, 2.05) is 4.90 Å². The fraction of sp³-hybridized carbons (Fsp3) is 0.875. The molecule has 1 fully saturated rings. The third kappa shape index (κ3) is 2.24. The Kier molecular flexibility index (Phi) is 2.98. The molecule has 3 N–H and O–H groups in total. The van der Waals surface area contributed by atoms with Gasteiger partial charge < -0.3 is 20.6 Å². The van der Waals surface area contributed by atoms with Gasteiger partial charge in [0.25, 0.3) is 0 Å². The van der Waals surface area contributed by atoms with Crippen molar-refractivity contribution in [3.63, 3.8) is 0 Å². The largest absolute Gasteiger partial charge is 0.408 e. The molecule has 1 rings (SSSR count). The van der Waals surface area contributed by atoms with Gasteiger partial charge in [0.15, 0.2) is 0 Å². The van der Waals surface area contributed by atoms with E-state index in [4.69, 9.17) is 15.7 Å². The van der Waals surface area contributed by atoms with Crippen molar-refractivity contribution in [1.82, 2.24) is 4.90 Å². The van der Waals surface area contributed by atoms with Gasteiger partial charge in [-0.05, 0) is 6.42 Å². The molecule has 76 valence electrons. The number of hydrogen-bond donors (Lipinski definition) is 2. The summed E-state index contributed by atoms with van der Waals surface area (Å²) in [6.45, 7) is 4.47. The van der Waals surface area contributed by atoms with Crippen LogP contribution in [0.2, 0.25) is 0 Å². The first-order chi connectivity index (χ1) is 6.11. The maximum absolute atomic E-state index is 8.49. The molecule has 0 aromatic carbocycles. The van der Waals surface area contributed by atoms with Crippen molar-refractivity contribution in [3.05, 3.63) is 0 Å². The zero-order chi connectivity index (χ0) is 9.90. The molecule has 1 atom stereocenters. The lowest BCUT2D eigenvalue weighted by atomic mass is 9.91. The zero-order valence-corrected chi connectivity index (χ0v) is 8.16. The zero-order valence-electron chi connectivity index (χ0n) is 8.16. The minimum Gasteiger partial charge on any atom is -0.408 e. The van der Waals surface area contributed by atoms with Crippen molar-refractivity contribution in [1.29, 1.82) is 0 Å². The second kappa shape index (κ2) is 3.83. The lowest BCUT2D eigenvalue weighted by molar-refractivity contribution is 0.101. The number of likely N-dealkylation sites (tertiary alicyclic amines) is 1. The Morgan fingerprint density at radius 1 is 1.77 bits per heavy atom. The Balaban J connectivity index is 2.53. The number of methoxy groups -OCH3 is 1. The third-order valence-corrected chi connectivity index (χ3v) is 2.48. The molecule has 0 aromatic heterocycles. The van der Waals surface area contributed by atoms with Gasteiger partial charge in [-0.25, -0.2) is 0 Å². The highest BCUT2D eigenvalue weighted by atomic mass is 16.5. The van der Waals surface area contributed by atoms with Crippen LogP contribution in [0.25, 0.3) is 0 Å². The first-order valence-electron chi connectivity index (χ1n) is 4.33. The molecule has 5 heteroatoms. The fourth-order valence-corrected chi connectivity index (χ4v) is 1.75. The number of oxime groups is 1. The average Bonchev–Trinajstić information content (AvgIpc) is 2.47. The SMILES string of the molecule is COCC1(C)CCN(/C(N)=N/O)C1. The van der Waals surface area contributed by atoms with Gasteiger partial charge in [0.1, 0.15) is 0 Å². The number of guanidine groups is 1. The first-order valence-corrected chi connectivity index (χ1v) is 4.33. The maximum Gasteiger partial charge on any atom is 0.233 e. The van der Waals surface area contributed by atoms with Crippen molar-refractivity contribution >= 4 is 5.96 Å². The van der Waals surface area contributed by atoms with Crippen LogP contribution in [0, 0.1) is 5.41 Å². The van der Waals surface area contributed by atoms with Crippen molar-refractivity contribution in [3.8, 4) is 0 Å². The summed E-state index contributed by atoms with van der Waals surface area (Å²) in [5.74, 6) is 0.194. The van der Waals surface area contributed by atoms with Gasteiger partial charge in [0.2, 0.25) is 5.96 Å². The number of nitrogens with two attached hydrogens (primary N) is 1. The Labute approximate surface area is 78.1 Å². The predicted molar refractivity (Wildman–Crippen MR) is 49.6 cm³/mol. The second-order valence-corrected chi connectivity index (χ2v) is 3.87. The van der Waals surface area contributed by atoms with E-state index in [2.05, 4.69) is 12.1 Å². The van der Waals surface area contributed by atoms with E-state index in [-0.39, 0.29) is 11.4 Å². The van der Waals surface area contributed by atoms with Crippen LogP contribution in [0.15, 0.2) is 5.16 Å². The normalized spacial score (nSPS) is 29.7. The number of hydrogen-bond acceptors (Lipinski definition) is 3. The molecule has 1 aliphatic heterocycles. The topological polar surface area (TPSA) is 71.1 Å². The van der Waals surface area contributed by atoms with Crippen LogP contribution in [-0.4, -0.2) is 42.9 Å². The van der Waals surface area contributed by atoms with Crippen molar-refractivity contribution in [2.24, 2.45) is 16.3 Å². The summed E-state index contributed by atoms with van der Waals surface area (Å²) >= 11 is 0. The Morgan fingerprint density at radius 3 is 3.00 bits per heavy atom. The minimum atomic E-state index is 0.129. The van der Waals surface area contributed by atoms with Gasteiger partial charge in [0, 0.05) is 25.6 Å². The Bertz CT molecular complexity index is 208. The molecule has 0 spiro atoms. The average molecular weight is 187 g/mol. The van der Waals surface area contributed by atoms with Crippen LogP contribution >= 0.6 is 0 Å². The van der Waals surface area contributed by atoms with E-state index in [1.165, 1.54) is 0 Å². The third-order valence-electron chi connectivity index (χ3n) is 2.48. The summed E-state index contributed by atoms with van der Waals surface area (Å²) < 4.78 is 5.12. The standard InChI is InChI=1S/C8H17N3O2/c1-8(6-13-2)3-4-11(5-8)7(9)10-12/h12H,3-6H2,1-2H3,(H2,9,10). The van der Waals surface area contributed by atoms with E-state index < -0.39 is 0 Å². The molecule has 0 amide bonds. The molecule has 1 aliphatic rings. The Morgan fingerprint density at radius 2 is 2.46 bits per heavy atom. The van der Waals surface area contributed by atoms with Crippen LogP contribution in [0.4, 0.5) is 0 Å². The molecule has 0 radical (unpaired) electrons. The van der Waals surface area contributed by atoms with Crippen LogP contribution in [-0.2, 0) is 4.74 Å². The maximum atomic E-state index is 8.49. The molecule has 0 bridgehead atoms. The number of nitrogens with zero attached hydrogens (tertiary/aromatic N) is 2. The summed E-state index contributed by atoms with van der Waals surface area (Å²) in [5, 5.41) is 11.5. The molecular weight excluding hydrogens is 170 g/mol. The summed E-state index contributed by atoms with van der Waals surface area (Å²) in [6.07, 6.45) is 1.01. The summed E-state index contributed by atoms with van der Waals surface area (Å²) in [6, 6.07) is 0. The Hall–Kier alpha value is -0.970. The van der Waals surface area contributed by atoms with E-state index in [0.29, 0.717) is 6.61 Å². The van der Waals surface area contributed by atoms with Crippen LogP contribution < -0.4 is 5.73 Å². The molecular formula is C8H17N3O2. The van der Waals surface area contributed by atoms with Crippen LogP contribution in [0.3, 0.4) is 0 Å². The monoisotopic (exact) mass is 187 g/mol. The summed E-state index contributed by atoms with van der Waals surface area (Å²) in [7, 11) is 1.69. The van der Waals surface area contributed by atoms with Crippen molar-refractivity contribution < 1.29 is 9.94 Å². The molecule has 0 aromatic rings. The van der Waals surface area contributed by atoms with E-state index in [9.17, 15) is 0 Å². The highest BCUT2D eigenvalue weighted by Crippen LogP contribution is 2.29. The van der Waals surface area contributed by atoms with Crippen molar-refractivity contribution in [2.45, 2.75) is 13.3 Å². The van der Waals surface area contributed by atoms with E-state index in [0.717, 1.165) is 19.5 Å². The number of rotatable bonds is 2. The highest BCUT2D eigenvalue weighted by molar-refractivity contribution is 5.77. The second-order valence-electron chi connectivity index (χ2n) is 3.87. The molecule has 13 heavy (non-hydrogen) atoms. The summed E-state index contributed by atoms with van der Waals surface area (Å²) in [4.78, 5) is 1.86. The molecule has 0 aliphatic carbocycles. The lowest BCUT2D eigenvalue weighted by Gasteiger charge is -2.23. The molecule has 1 unspecified atom stereocenters. The van der Waals surface area contributed by atoms with Crippen LogP contribution in [0.5, 0.6) is 0 Å². The van der Waals surface area contributed by atoms with Gasteiger partial charge in [-0.2, -0.15) is 0 Å². The highest BCUT2D eigenvalue weighted by Gasteiger charge is 2.34. The molecule has 1 saturated heterocycles.